The third-order valence-corrected chi connectivity index (χ3v) is 5.96. The molecule has 0 fully saturated rings. The van der Waals surface area contributed by atoms with Gasteiger partial charge in [-0.15, -0.1) is 0 Å². The van der Waals surface area contributed by atoms with E-state index in [1.807, 2.05) is 0 Å². The Morgan fingerprint density at radius 1 is 0.857 bits per heavy atom. The summed E-state index contributed by atoms with van der Waals surface area (Å²) in [6.45, 7) is 13.3. The van der Waals surface area contributed by atoms with Gasteiger partial charge in [0.2, 0.25) is 6.04 Å². The van der Waals surface area contributed by atoms with Crippen LogP contribution in [0.1, 0.15) is 61.0 Å². The highest BCUT2D eigenvalue weighted by Crippen LogP contribution is 2.52. The molecule has 0 atom stereocenters. The SMILES string of the molecule is CC(C)N(C1=C(c2ccc([N+](=O)[O-])cc2)N(C(C(F)(F)F)C(F)(F)F)C(C)(C)N1C(C)C)C(C)C. The molecule has 1 aliphatic rings. The summed E-state index contributed by atoms with van der Waals surface area (Å²) in [5.74, 6) is 0.211. The average Bonchev–Trinajstić information content (AvgIpc) is 2.86. The number of alkyl halides is 6. The molecule has 0 spiro atoms. The fraction of sp³-hybridized carbons (Fsp3) is 0.652. The minimum Gasteiger partial charge on any atom is -0.352 e. The van der Waals surface area contributed by atoms with Crippen molar-refractivity contribution in [3.05, 3.63) is 45.8 Å². The first kappa shape index (κ1) is 28.6. The van der Waals surface area contributed by atoms with Crippen molar-refractivity contribution in [2.75, 3.05) is 0 Å². The van der Waals surface area contributed by atoms with E-state index in [-0.39, 0.29) is 34.9 Å². The lowest BCUT2D eigenvalue weighted by Crippen LogP contribution is -2.63. The molecule has 198 valence electrons. The van der Waals surface area contributed by atoms with E-state index < -0.39 is 35.0 Å². The van der Waals surface area contributed by atoms with Gasteiger partial charge in [-0.25, -0.2) is 0 Å². The molecular formula is C23H32F6N4O2. The Morgan fingerprint density at radius 2 is 1.29 bits per heavy atom. The van der Waals surface area contributed by atoms with Crippen molar-refractivity contribution in [1.82, 2.24) is 14.7 Å². The Morgan fingerprint density at radius 3 is 1.60 bits per heavy atom. The van der Waals surface area contributed by atoms with Crippen LogP contribution in [-0.2, 0) is 0 Å². The first-order chi connectivity index (χ1) is 15.7. The molecule has 1 aromatic rings. The maximum absolute atomic E-state index is 14.1. The van der Waals surface area contributed by atoms with Crippen LogP contribution >= 0.6 is 0 Å². The molecule has 0 aliphatic carbocycles. The molecule has 0 saturated heterocycles. The minimum absolute atomic E-state index is 0.0200. The topological polar surface area (TPSA) is 52.9 Å². The number of halogens is 6. The first-order valence-corrected chi connectivity index (χ1v) is 11.2. The first-order valence-electron chi connectivity index (χ1n) is 11.2. The molecule has 1 heterocycles. The number of benzene rings is 1. The van der Waals surface area contributed by atoms with Gasteiger partial charge in [0.1, 0.15) is 11.5 Å². The summed E-state index contributed by atoms with van der Waals surface area (Å²) in [5, 5.41) is 11.1. The van der Waals surface area contributed by atoms with E-state index in [4.69, 9.17) is 0 Å². The third-order valence-electron chi connectivity index (χ3n) is 5.96. The molecule has 2 rings (SSSR count). The molecular weight excluding hydrogens is 478 g/mol. The zero-order chi connectivity index (χ0) is 27.3. The molecule has 0 unspecified atom stereocenters. The van der Waals surface area contributed by atoms with Crippen LogP contribution in [0.25, 0.3) is 5.70 Å². The van der Waals surface area contributed by atoms with Gasteiger partial charge in [0.15, 0.2) is 0 Å². The van der Waals surface area contributed by atoms with E-state index in [2.05, 4.69) is 0 Å². The molecule has 1 aliphatic heterocycles. The van der Waals surface area contributed by atoms with Crippen LogP contribution in [0.5, 0.6) is 0 Å². The summed E-state index contributed by atoms with van der Waals surface area (Å²) in [4.78, 5) is 14.2. The van der Waals surface area contributed by atoms with E-state index in [9.17, 15) is 36.5 Å². The number of rotatable bonds is 7. The molecule has 35 heavy (non-hydrogen) atoms. The van der Waals surface area contributed by atoms with Gasteiger partial charge in [-0.3, -0.25) is 10.1 Å². The van der Waals surface area contributed by atoms with Crippen molar-refractivity contribution in [2.24, 2.45) is 0 Å². The van der Waals surface area contributed by atoms with E-state index in [1.165, 1.54) is 26.0 Å². The minimum atomic E-state index is -5.64. The molecule has 6 nitrogen and oxygen atoms in total. The number of nitro groups is 1. The normalized spacial score (nSPS) is 17.0. The predicted molar refractivity (Wildman–Crippen MR) is 121 cm³/mol. The quantitative estimate of drug-likeness (QED) is 0.235. The standard InChI is InChI=1S/C23H32F6N4O2/c1-13(2)30(14(3)4)19-18(16-9-11-17(12-10-16)33(34)35)32(21(7,8)31(19)15(5)6)20(22(24,25)26)23(27,28)29/h9-15,20H,1-8H3. The maximum Gasteiger partial charge on any atom is 0.417 e. The fourth-order valence-electron chi connectivity index (χ4n) is 5.01. The van der Waals surface area contributed by atoms with Crippen LogP contribution in [-0.4, -0.2) is 61.8 Å². The van der Waals surface area contributed by atoms with Crippen LogP contribution < -0.4 is 0 Å². The van der Waals surface area contributed by atoms with Crippen LogP contribution in [0.3, 0.4) is 0 Å². The molecule has 1 aromatic carbocycles. The smallest absolute Gasteiger partial charge is 0.352 e. The zero-order valence-corrected chi connectivity index (χ0v) is 21.0. The van der Waals surface area contributed by atoms with Gasteiger partial charge in [-0.2, -0.15) is 26.3 Å². The van der Waals surface area contributed by atoms with Crippen molar-refractivity contribution in [3.8, 4) is 0 Å². The highest BCUT2D eigenvalue weighted by molar-refractivity contribution is 5.71. The number of non-ortho nitro benzene ring substituents is 1. The summed E-state index contributed by atoms with van der Waals surface area (Å²) in [5.41, 5.74) is -2.33. The monoisotopic (exact) mass is 510 g/mol. The lowest BCUT2D eigenvalue weighted by Gasteiger charge is -2.49. The Hall–Kier alpha value is -2.66. The summed E-state index contributed by atoms with van der Waals surface area (Å²) in [7, 11) is 0. The van der Waals surface area contributed by atoms with E-state index in [1.54, 1.807) is 51.3 Å². The zero-order valence-electron chi connectivity index (χ0n) is 21.0. The van der Waals surface area contributed by atoms with Gasteiger partial charge < -0.3 is 14.7 Å². The fourth-order valence-corrected chi connectivity index (χ4v) is 5.01. The number of nitrogens with zero attached hydrogens (tertiary/aromatic N) is 4. The Bertz CT molecular complexity index is 930. The maximum atomic E-state index is 14.1. The van der Waals surface area contributed by atoms with Gasteiger partial charge in [0, 0.05) is 35.8 Å². The summed E-state index contributed by atoms with van der Waals surface area (Å²) in [6, 6.07) is -0.264. The van der Waals surface area contributed by atoms with Gasteiger partial charge in [0.25, 0.3) is 5.69 Å². The van der Waals surface area contributed by atoms with Gasteiger partial charge in [-0.05, 0) is 67.5 Å². The second-order valence-corrected chi connectivity index (χ2v) is 9.88. The van der Waals surface area contributed by atoms with Crippen molar-refractivity contribution < 1.29 is 31.3 Å². The Kier molecular flexibility index (Phi) is 7.69. The van der Waals surface area contributed by atoms with Crippen molar-refractivity contribution in [2.45, 2.75) is 97.6 Å². The van der Waals surface area contributed by atoms with Crippen LogP contribution in [0.4, 0.5) is 32.0 Å². The molecule has 0 aromatic heterocycles. The van der Waals surface area contributed by atoms with Crippen molar-refractivity contribution in [1.29, 1.82) is 0 Å². The van der Waals surface area contributed by atoms with Gasteiger partial charge in [0.05, 0.1) is 10.6 Å². The number of hydrogen-bond donors (Lipinski definition) is 0. The average molecular weight is 511 g/mol. The lowest BCUT2D eigenvalue weighted by atomic mass is 10.0. The van der Waals surface area contributed by atoms with Gasteiger partial charge >= 0.3 is 12.4 Å². The second kappa shape index (κ2) is 9.42. The van der Waals surface area contributed by atoms with Crippen molar-refractivity contribution >= 4 is 11.4 Å². The molecule has 0 saturated carbocycles. The molecule has 0 radical (unpaired) electrons. The summed E-state index contributed by atoms with van der Waals surface area (Å²) < 4.78 is 84.8. The van der Waals surface area contributed by atoms with Gasteiger partial charge in [-0.1, -0.05) is 0 Å². The number of nitro benzene ring substituents is 1. The lowest BCUT2D eigenvalue weighted by molar-refractivity contribution is -0.384. The third kappa shape index (κ3) is 5.30. The van der Waals surface area contributed by atoms with Crippen molar-refractivity contribution in [3.63, 3.8) is 0 Å². The Balaban J connectivity index is 3.07. The van der Waals surface area contributed by atoms with Crippen LogP contribution in [0.15, 0.2) is 30.1 Å². The highest BCUT2D eigenvalue weighted by atomic mass is 19.4. The summed E-state index contributed by atoms with van der Waals surface area (Å²) >= 11 is 0. The summed E-state index contributed by atoms with van der Waals surface area (Å²) in [6.07, 6.45) is -11.3. The molecule has 12 heteroatoms. The highest BCUT2D eigenvalue weighted by Gasteiger charge is 2.66. The second-order valence-electron chi connectivity index (χ2n) is 9.88. The van der Waals surface area contributed by atoms with Crippen LogP contribution in [0, 0.1) is 10.1 Å². The number of hydrogen-bond acceptors (Lipinski definition) is 5. The molecule has 0 bridgehead atoms. The molecule has 0 N–H and O–H groups in total. The van der Waals surface area contributed by atoms with E-state index in [0.717, 1.165) is 12.1 Å². The van der Waals surface area contributed by atoms with E-state index >= 15 is 0 Å². The van der Waals surface area contributed by atoms with Crippen LogP contribution in [0.2, 0.25) is 0 Å². The Labute approximate surface area is 201 Å². The largest absolute Gasteiger partial charge is 0.417 e. The molecule has 0 amide bonds. The predicted octanol–water partition coefficient (Wildman–Crippen LogP) is 6.60. The van der Waals surface area contributed by atoms with E-state index in [0.29, 0.717) is 4.90 Å².